The molecule has 0 radical (unpaired) electrons. The van der Waals surface area contributed by atoms with E-state index in [0.29, 0.717) is 11.5 Å². The zero-order valence-electron chi connectivity index (χ0n) is 9.93. The monoisotopic (exact) mass is 248 g/mol. The van der Waals surface area contributed by atoms with E-state index in [1.807, 2.05) is 0 Å². The van der Waals surface area contributed by atoms with Crippen molar-refractivity contribution in [2.75, 3.05) is 0 Å². The number of H-pyrrole nitrogens is 1. The fourth-order valence-electron chi connectivity index (χ4n) is 1.81. The van der Waals surface area contributed by atoms with Crippen LogP contribution >= 0.6 is 0 Å². The molecule has 0 unspecified atom stereocenters. The molecule has 0 saturated heterocycles. The van der Waals surface area contributed by atoms with Crippen LogP contribution in [0.3, 0.4) is 0 Å². The van der Waals surface area contributed by atoms with Crippen molar-refractivity contribution in [3.63, 3.8) is 0 Å². The highest BCUT2D eigenvalue weighted by molar-refractivity contribution is 5.89. The quantitative estimate of drug-likeness (QED) is 0.855. The van der Waals surface area contributed by atoms with E-state index in [2.05, 4.69) is 9.97 Å². The molecular formula is C12H12N2O4. The Morgan fingerprint density at radius 1 is 1.50 bits per heavy atom. The Morgan fingerprint density at radius 3 is 2.78 bits per heavy atom. The fraction of sp³-hybridized carbons (Fsp3) is 0.250. The first-order valence-electron chi connectivity index (χ1n) is 5.29. The van der Waals surface area contributed by atoms with Gasteiger partial charge in [0.15, 0.2) is 0 Å². The molecule has 6 heteroatoms. The number of oxazole rings is 1. The molecule has 0 atom stereocenters. The Morgan fingerprint density at radius 2 is 2.22 bits per heavy atom. The number of carboxylic acids is 1. The summed E-state index contributed by atoms with van der Waals surface area (Å²) in [6, 6.07) is 1.26. The number of hydrogen-bond acceptors (Lipinski definition) is 4. The summed E-state index contributed by atoms with van der Waals surface area (Å²) in [4.78, 5) is 28.9. The molecule has 2 aromatic rings. The van der Waals surface area contributed by atoms with Crippen LogP contribution in [-0.2, 0) is 5.41 Å². The Balaban J connectivity index is 2.66. The highest BCUT2D eigenvalue weighted by atomic mass is 16.4. The molecule has 0 fully saturated rings. The Labute approximate surface area is 102 Å². The lowest BCUT2D eigenvalue weighted by Gasteiger charge is -2.22. The second-order valence-corrected chi connectivity index (χ2v) is 4.39. The van der Waals surface area contributed by atoms with Crippen molar-refractivity contribution < 1.29 is 14.3 Å². The molecule has 0 amide bonds. The van der Waals surface area contributed by atoms with Gasteiger partial charge in [0, 0.05) is 12.3 Å². The van der Waals surface area contributed by atoms with Crippen molar-refractivity contribution in [1.29, 1.82) is 0 Å². The summed E-state index contributed by atoms with van der Waals surface area (Å²) in [6.07, 6.45) is 4.07. The number of carboxylic acid groups (broad SMARTS) is 1. The fourth-order valence-corrected chi connectivity index (χ4v) is 1.81. The second kappa shape index (κ2) is 4.14. The van der Waals surface area contributed by atoms with Gasteiger partial charge in [0.05, 0.1) is 17.2 Å². The van der Waals surface area contributed by atoms with E-state index in [0.717, 1.165) is 0 Å². The van der Waals surface area contributed by atoms with Gasteiger partial charge in [-0.2, -0.15) is 0 Å². The van der Waals surface area contributed by atoms with Crippen LogP contribution in [0.15, 0.2) is 33.9 Å². The Bertz CT molecular complexity index is 626. The molecule has 0 saturated carbocycles. The number of rotatable bonds is 3. The number of pyridine rings is 1. The molecule has 0 aliphatic rings. The molecule has 2 N–H and O–H groups in total. The molecule has 2 heterocycles. The zero-order valence-corrected chi connectivity index (χ0v) is 9.93. The molecule has 6 nitrogen and oxygen atoms in total. The maximum absolute atomic E-state index is 11.4. The van der Waals surface area contributed by atoms with Gasteiger partial charge < -0.3 is 14.5 Å². The summed E-state index contributed by atoms with van der Waals surface area (Å²) in [5, 5.41) is 9.14. The third-order valence-corrected chi connectivity index (χ3v) is 2.80. The van der Waals surface area contributed by atoms with Crippen LogP contribution in [0.4, 0.5) is 0 Å². The molecule has 0 aromatic carbocycles. The molecule has 2 aromatic heterocycles. The van der Waals surface area contributed by atoms with E-state index in [4.69, 9.17) is 9.52 Å². The highest BCUT2D eigenvalue weighted by Gasteiger charge is 2.32. The van der Waals surface area contributed by atoms with Gasteiger partial charge in [-0.05, 0) is 19.4 Å². The lowest BCUT2D eigenvalue weighted by molar-refractivity contribution is 0.0693. The van der Waals surface area contributed by atoms with Crippen LogP contribution < -0.4 is 5.56 Å². The van der Waals surface area contributed by atoms with E-state index in [-0.39, 0.29) is 11.1 Å². The van der Waals surface area contributed by atoms with Gasteiger partial charge >= 0.3 is 5.97 Å². The molecule has 0 aliphatic carbocycles. The van der Waals surface area contributed by atoms with Crippen molar-refractivity contribution in [2.24, 2.45) is 0 Å². The molecule has 0 bridgehead atoms. The zero-order chi connectivity index (χ0) is 13.3. The standard InChI is InChI=1S/C12H12N2O4/c1-12(2,11-13-3-4-18-11)8-5-9(15)14-6-7(8)10(16)17/h3-6H,1-2H3,(H,14,15)(H,16,17). The number of nitrogens with one attached hydrogen (secondary N) is 1. The summed E-state index contributed by atoms with van der Waals surface area (Å²) < 4.78 is 5.21. The van der Waals surface area contributed by atoms with Gasteiger partial charge in [-0.25, -0.2) is 9.78 Å². The number of carbonyl (C=O) groups is 1. The van der Waals surface area contributed by atoms with Crippen LogP contribution in [0, 0.1) is 0 Å². The van der Waals surface area contributed by atoms with E-state index < -0.39 is 11.4 Å². The van der Waals surface area contributed by atoms with Crippen molar-refractivity contribution in [3.05, 3.63) is 52.1 Å². The first-order chi connectivity index (χ1) is 8.43. The SMILES string of the molecule is CC(C)(c1ncco1)c1cc(=O)[nH]cc1C(=O)O. The van der Waals surface area contributed by atoms with E-state index in [9.17, 15) is 9.59 Å². The van der Waals surface area contributed by atoms with Crippen LogP contribution in [0.1, 0.15) is 35.7 Å². The van der Waals surface area contributed by atoms with Gasteiger partial charge in [0.1, 0.15) is 6.26 Å². The van der Waals surface area contributed by atoms with Gasteiger partial charge in [-0.1, -0.05) is 0 Å². The maximum Gasteiger partial charge on any atom is 0.337 e. The lowest BCUT2D eigenvalue weighted by atomic mass is 9.82. The highest BCUT2D eigenvalue weighted by Crippen LogP contribution is 2.31. The van der Waals surface area contributed by atoms with Crippen molar-refractivity contribution in [1.82, 2.24) is 9.97 Å². The lowest BCUT2D eigenvalue weighted by Crippen LogP contribution is -2.26. The minimum atomic E-state index is -1.11. The van der Waals surface area contributed by atoms with E-state index >= 15 is 0 Å². The molecule has 0 aliphatic heterocycles. The average molecular weight is 248 g/mol. The second-order valence-electron chi connectivity index (χ2n) is 4.39. The van der Waals surface area contributed by atoms with Crippen LogP contribution in [0.2, 0.25) is 0 Å². The third-order valence-electron chi connectivity index (χ3n) is 2.80. The van der Waals surface area contributed by atoms with E-state index in [1.165, 1.54) is 24.7 Å². The van der Waals surface area contributed by atoms with Crippen LogP contribution in [0.5, 0.6) is 0 Å². The van der Waals surface area contributed by atoms with Gasteiger partial charge in [0.25, 0.3) is 0 Å². The summed E-state index contributed by atoms with van der Waals surface area (Å²) in [7, 11) is 0. The first-order valence-corrected chi connectivity index (χ1v) is 5.29. The average Bonchev–Trinajstić information content (AvgIpc) is 2.82. The Kier molecular flexibility index (Phi) is 2.78. The molecule has 18 heavy (non-hydrogen) atoms. The number of aromatic nitrogens is 2. The summed E-state index contributed by atoms with van der Waals surface area (Å²) in [5.74, 6) is -0.753. The van der Waals surface area contributed by atoms with Gasteiger partial charge in [-0.3, -0.25) is 4.79 Å². The minimum absolute atomic E-state index is 0.0257. The predicted molar refractivity (Wildman–Crippen MR) is 62.7 cm³/mol. The number of hydrogen-bond donors (Lipinski definition) is 2. The number of aromatic carboxylic acids is 1. The number of aromatic amines is 1. The molecule has 2 rings (SSSR count). The van der Waals surface area contributed by atoms with E-state index in [1.54, 1.807) is 13.8 Å². The predicted octanol–water partition coefficient (Wildman–Crippen LogP) is 1.39. The molecule has 0 spiro atoms. The maximum atomic E-state index is 11.4. The summed E-state index contributed by atoms with van der Waals surface area (Å²) in [6.45, 7) is 3.50. The van der Waals surface area contributed by atoms with Crippen molar-refractivity contribution in [2.45, 2.75) is 19.3 Å². The van der Waals surface area contributed by atoms with Crippen LogP contribution in [-0.4, -0.2) is 21.0 Å². The molecule has 94 valence electrons. The van der Waals surface area contributed by atoms with Gasteiger partial charge in [-0.15, -0.1) is 0 Å². The smallest absolute Gasteiger partial charge is 0.337 e. The van der Waals surface area contributed by atoms with Gasteiger partial charge in [0.2, 0.25) is 11.4 Å². The largest absolute Gasteiger partial charge is 0.478 e. The van der Waals surface area contributed by atoms with Crippen molar-refractivity contribution >= 4 is 5.97 Å². The summed E-state index contributed by atoms with van der Waals surface area (Å²) >= 11 is 0. The minimum Gasteiger partial charge on any atom is -0.478 e. The number of nitrogens with zero attached hydrogens (tertiary/aromatic N) is 1. The van der Waals surface area contributed by atoms with Crippen molar-refractivity contribution in [3.8, 4) is 0 Å². The van der Waals surface area contributed by atoms with Crippen LogP contribution in [0.25, 0.3) is 0 Å². The third kappa shape index (κ3) is 1.92. The first kappa shape index (κ1) is 12.1. The topological polar surface area (TPSA) is 96.2 Å². The molecular weight excluding hydrogens is 236 g/mol. The Hall–Kier alpha value is -2.37. The normalized spacial score (nSPS) is 11.4. The summed E-state index contributed by atoms with van der Waals surface area (Å²) in [5.41, 5.74) is -0.778.